The van der Waals surface area contributed by atoms with Crippen molar-refractivity contribution in [2.75, 3.05) is 5.32 Å². The van der Waals surface area contributed by atoms with Crippen LogP contribution in [-0.2, 0) is 11.2 Å². The number of para-hydroxylation sites is 2. The monoisotopic (exact) mass is 361 g/mol. The van der Waals surface area contributed by atoms with E-state index < -0.39 is 6.10 Å². The van der Waals surface area contributed by atoms with Crippen molar-refractivity contribution in [3.8, 4) is 17.2 Å². The lowest BCUT2D eigenvalue weighted by Gasteiger charge is -2.17. The molecule has 0 saturated heterocycles. The van der Waals surface area contributed by atoms with E-state index in [9.17, 15) is 4.79 Å². The van der Waals surface area contributed by atoms with Crippen molar-refractivity contribution < 1.29 is 14.3 Å². The SMILES string of the molecule is CCc1ccccc1OC(C)C(=O)Nc1ccc(Oc2ccccc2)cc1. The van der Waals surface area contributed by atoms with Gasteiger partial charge in [-0.1, -0.05) is 43.3 Å². The molecule has 0 fully saturated rings. The number of hydrogen-bond acceptors (Lipinski definition) is 3. The predicted octanol–water partition coefficient (Wildman–Crippen LogP) is 5.45. The molecular weight excluding hydrogens is 338 g/mol. The largest absolute Gasteiger partial charge is 0.481 e. The lowest BCUT2D eigenvalue weighted by Crippen LogP contribution is -2.30. The van der Waals surface area contributed by atoms with Gasteiger partial charge in [0, 0.05) is 5.69 Å². The maximum absolute atomic E-state index is 12.4. The highest BCUT2D eigenvalue weighted by atomic mass is 16.5. The molecule has 0 bridgehead atoms. The second-order valence-electron chi connectivity index (χ2n) is 6.15. The second kappa shape index (κ2) is 8.90. The number of nitrogens with one attached hydrogen (secondary N) is 1. The average molecular weight is 361 g/mol. The third-order valence-corrected chi connectivity index (χ3v) is 4.13. The Hall–Kier alpha value is -3.27. The summed E-state index contributed by atoms with van der Waals surface area (Å²) in [5, 5.41) is 2.87. The predicted molar refractivity (Wildman–Crippen MR) is 107 cm³/mol. The minimum Gasteiger partial charge on any atom is -0.481 e. The summed E-state index contributed by atoms with van der Waals surface area (Å²) in [5.74, 6) is 2.03. The molecule has 0 saturated carbocycles. The summed E-state index contributed by atoms with van der Waals surface area (Å²) in [6.07, 6.45) is 0.255. The van der Waals surface area contributed by atoms with E-state index in [0.717, 1.165) is 23.5 Å². The van der Waals surface area contributed by atoms with Gasteiger partial charge in [0.2, 0.25) is 0 Å². The van der Waals surface area contributed by atoms with E-state index >= 15 is 0 Å². The standard InChI is InChI=1S/C23H23NO3/c1-3-18-9-7-8-12-22(18)26-17(2)23(25)24-19-13-15-21(16-14-19)27-20-10-5-4-6-11-20/h4-17H,3H2,1-2H3,(H,24,25). The van der Waals surface area contributed by atoms with Gasteiger partial charge in [-0.3, -0.25) is 4.79 Å². The molecule has 0 aliphatic carbocycles. The highest BCUT2D eigenvalue weighted by molar-refractivity contribution is 5.94. The summed E-state index contributed by atoms with van der Waals surface area (Å²) in [6, 6.07) is 24.6. The van der Waals surface area contributed by atoms with Crippen LogP contribution in [0.1, 0.15) is 19.4 Å². The number of rotatable bonds is 7. The quantitative estimate of drug-likeness (QED) is 0.609. The molecule has 0 aromatic heterocycles. The number of hydrogen-bond donors (Lipinski definition) is 1. The van der Waals surface area contributed by atoms with E-state index in [-0.39, 0.29) is 5.91 Å². The number of anilines is 1. The first-order valence-corrected chi connectivity index (χ1v) is 9.04. The van der Waals surface area contributed by atoms with Gasteiger partial charge in [0.05, 0.1) is 0 Å². The molecule has 1 amide bonds. The Morgan fingerprint density at radius 2 is 1.52 bits per heavy atom. The number of amides is 1. The van der Waals surface area contributed by atoms with Crippen LogP contribution in [0.5, 0.6) is 17.2 Å². The minimum atomic E-state index is -0.599. The van der Waals surface area contributed by atoms with E-state index in [4.69, 9.17) is 9.47 Å². The third-order valence-electron chi connectivity index (χ3n) is 4.13. The maximum atomic E-state index is 12.4. The van der Waals surface area contributed by atoms with E-state index in [2.05, 4.69) is 12.2 Å². The molecule has 0 heterocycles. The van der Waals surface area contributed by atoms with Crippen molar-refractivity contribution in [2.24, 2.45) is 0 Å². The molecule has 3 rings (SSSR count). The molecule has 1 unspecified atom stereocenters. The van der Waals surface area contributed by atoms with Gasteiger partial charge in [-0.2, -0.15) is 0 Å². The van der Waals surface area contributed by atoms with Gasteiger partial charge in [-0.15, -0.1) is 0 Å². The first-order valence-electron chi connectivity index (χ1n) is 9.04. The summed E-state index contributed by atoms with van der Waals surface area (Å²) in [5.41, 5.74) is 1.78. The highest BCUT2D eigenvalue weighted by Gasteiger charge is 2.16. The normalized spacial score (nSPS) is 11.5. The van der Waals surface area contributed by atoms with Crippen LogP contribution in [0.25, 0.3) is 0 Å². The van der Waals surface area contributed by atoms with Gasteiger partial charge < -0.3 is 14.8 Å². The Morgan fingerprint density at radius 1 is 0.889 bits per heavy atom. The van der Waals surface area contributed by atoms with Crippen LogP contribution in [0.4, 0.5) is 5.69 Å². The molecule has 3 aromatic carbocycles. The third kappa shape index (κ3) is 5.11. The Labute approximate surface area is 159 Å². The van der Waals surface area contributed by atoms with Crippen molar-refractivity contribution in [1.29, 1.82) is 0 Å². The minimum absolute atomic E-state index is 0.197. The van der Waals surface area contributed by atoms with Crippen molar-refractivity contribution in [1.82, 2.24) is 0 Å². The second-order valence-corrected chi connectivity index (χ2v) is 6.15. The number of carbonyl (C=O) groups excluding carboxylic acids is 1. The molecule has 1 atom stereocenters. The molecule has 138 valence electrons. The Kier molecular flexibility index (Phi) is 6.10. The van der Waals surface area contributed by atoms with Crippen LogP contribution in [0.3, 0.4) is 0 Å². The zero-order chi connectivity index (χ0) is 19.1. The lowest BCUT2D eigenvalue weighted by molar-refractivity contribution is -0.122. The van der Waals surface area contributed by atoms with Crippen LogP contribution in [-0.4, -0.2) is 12.0 Å². The fraction of sp³-hybridized carbons (Fsp3) is 0.174. The zero-order valence-corrected chi connectivity index (χ0v) is 15.5. The molecule has 0 radical (unpaired) electrons. The molecule has 4 nitrogen and oxygen atoms in total. The van der Waals surface area contributed by atoms with Crippen LogP contribution >= 0.6 is 0 Å². The van der Waals surface area contributed by atoms with Crippen molar-refractivity contribution in [3.05, 3.63) is 84.4 Å². The average Bonchev–Trinajstić information content (AvgIpc) is 2.70. The molecule has 0 spiro atoms. The molecular formula is C23H23NO3. The highest BCUT2D eigenvalue weighted by Crippen LogP contribution is 2.23. The van der Waals surface area contributed by atoms with E-state index in [1.165, 1.54) is 0 Å². The molecule has 0 aliphatic rings. The number of carbonyl (C=O) groups is 1. The fourth-order valence-corrected chi connectivity index (χ4v) is 2.63. The van der Waals surface area contributed by atoms with E-state index in [1.807, 2.05) is 78.9 Å². The Morgan fingerprint density at radius 3 is 2.22 bits per heavy atom. The number of aryl methyl sites for hydroxylation is 1. The number of ether oxygens (including phenoxy) is 2. The zero-order valence-electron chi connectivity index (χ0n) is 15.5. The first-order chi connectivity index (χ1) is 13.2. The maximum Gasteiger partial charge on any atom is 0.265 e. The van der Waals surface area contributed by atoms with Crippen LogP contribution in [0, 0.1) is 0 Å². The van der Waals surface area contributed by atoms with Crippen LogP contribution < -0.4 is 14.8 Å². The topological polar surface area (TPSA) is 47.6 Å². The summed E-state index contributed by atoms with van der Waals surface area (Å²) in [7, 11) is 0. The van der Waals surface area contributed by atoms with Gasteiger partial charge in [0.25, 0.3) is 5.91 Å². The van der Waals surface area contributed by atoms with Crippen molar-refractivity contribution in [2.45, 2.75) is 26.4 Å². The van der Waals surface area contributed by atoms with Crippen molar-refractivity contribution in [3.63, 3.8) is 0 Å². The number of benzene rings is 3. The van der Waals surface area contributed by atoms with Gasteiger partial charge >= 0.3 is 0 Å². The van der Waals surface area contributed by atoms with E-state index in [1.54, 1.807) is 6.92 Å². The lowest BCUT2D eigenvalue weighted by atomic mass is 10.1. The summed E-state index contributed by atoms with van der Waals surface area (Å²) >= 11 is 0. The van der Waals surface area contributed by atoms with E-state index in [0.29, 0.717) is 11.4 Å². The Balaban J connectivity index is 1.58. The van der Waals surface area contributed by atoms with Crippen molar-refractivity contribution >= 4 is 11.6 Å². The summed E-state index contributed by atoms with van der Waals surface area (Å²) in [4.78, 5) is 12.4. The Bertz CT molecular complexity index is 876. The van der Waals surface area contributed by atoms with Gasteiger partial charge in [-0.25, -0.2) is 0 Å². The summed E-state index contributed by atoms with van der Waals surface area (Å²) < 4.78 is 11.6. The van der Waals surface area contributed by atoms with Crippen LogP contribution in [0.15, 0.2) is 78.9 Å². The van der Waals surface area contributed by atoms with Gasteiger partial charge in [0.1, 0.15) is 17.2 Å². The molecule has 4 heteroatoms. The molecule has 1 N–H and O–H groups in total. The smallest absolute Gasteiger partial charge is 0.265 e. The van der Waals surface area contributed by atoms with Gasteiger partial charge in [-0.05, 0) is 61.4 Å². The van der Waals surface area contributed by atoms with Gasteiger partial charge in [0.15, 0.2) is 6.10 Å². The molecule has 27 heavy (non-hydrogen) atoms. The molecule has 0 aliphatic heterocycles. The summed E-state index contributed by atoms with van der Waals surface area (Å²) in [6.45, 7) is 3.81. The first kappa shape index (κ1) is 18.5. The fourth-order valence-electron chi connectivity index (χ4n) is 2.63. The molecule has 3 aromatic rings. The van der Waals surface area contributed by atoms with Crippen LogP contribution in [0.2, 0.25) is 0 Å².